The zero-order valence-electron chi connectivity index (χ0n) is 14.5. The highest BCUT2D eigenvalue weighted by molar-refractivity contribution is 5.62. The van der Waals surface area contributed by atoms with Crippen LogP contribution in [0.5, 0.6) is 5.75 Å². The zero-order valence-corrected chi connectivity index (χ0v) is 14.5. The van der Waals surface area contributed by atoms with Crippen LogP contribution in [0.3, 0.4) is 0 Å². The maximum absolute atomic E-state index is 11.7. The molecule has 1 aromatic carbocycles. The third kappa shape index (κ3) is 1.92. The fraction of sp³-hybridized carbons (Fsp3) is 0.429. The highest BCUT2D eigenvalue weighted by Gasteiger charge is 2.50. The predicted molar refractivity (Wildman–Crippen MR) is 97.1 cm³/mol. The minimum Gasteiger partial charge on any atom is -0.496 e. The third-order valence-corrected chi connectivity index (χ3v) is 6.28. The lowest BCUT2D eigenvalue weighted by molar-refractivity contribution is 0.0690. The molecule has 128 valence electrons. The molecule has 0 spiro atoms. The first-order valence-electron chi connectivity index (χ1n) is 9.08. The number of aliphatic imine (C=N–C) groups is 1. The van der Waals surface area contributed by atoms with Crippen molar-refractivity contribution in [1.82, 2.24) is 4.98 Å². The van der Waals surface area contributed by atoms with Gasteiger partial charge in [-0.2, -0.15) is 0 Å². The Balaban J connectivity index is 1.77. The fourth-order valence-corrected chi connectivity index (χ4v) is 5.26. The van der Waals surface area contributed by atoms with Crippen molar-refractivity contribution in [3.05, 3.63) is 51.7 Å². The number of nitrogens with zero attached hydrogens (tertiary/aromatic N) is 2. The van der Waals surface area contributed by atoms with E-state index in [-0.39, 0.29) is 0 Å². The van der Waals surface area contributed by atoms with Crippen LogP contribution < -0.4 is 4.74 Å². The maximum atomic E-state index is 11.7. The molecule has 0 fully saturated rings. The number of benzene rings is 1. The normalized spacial score (nSPS) is 25.8. The van der Waals surface area contributed by atoms with Crippen molar-refractivity contribution in [2.45, 2.75) is 50.0 Å². The van der Waals surface area contributed by atoms with Crippen LogP contribution in [0.4, 0.5) is 5.82 Å². The quantitative estimate of drug-likeness (QED) is 0.854. The lowest BCUT2D eigenvalue weighted by Gasteiger charge is -2.31. The number of rotatable bonds is 2. The van der Waals surface area contributed by atoms with Gasteiger partial charge in [-0.05, 0) is 85.5 Å². The Kier molecular flexibility index (Phi) is 3.11. The van der Waals surface area contributed by atoms with E-state index in [0.717, 1.165) is 48.3 Å². The molecule has 2 bridgehead atoms. The van der Waals surface area contributed by atoms with Crippen LogP contribution in [0, 0.1) is 0 Å². The van der Waals surface area contributed by atoms with E-state index in [1.54, 1.807) is 7.11 Å². The van der Waals surface area contributed by atoms with Crippen LogP contribution in [-0.2, 0) is 24.9 Å². The topological polar surface area (TPSA) is 54.7 Å². The van der Waals surface area contributed by atoms with Crippen molar-refractivity contribution < 1.29 is 9.84 Å². The largest absolute Gasteiger partial charge is 0.496 e. The van der Waals surface area contributed by atoms with Crippen molar-refractivity contribution in [1.29, 1.82) is 0 Å². The number of ether oxygens (including phenoxy) is 1. The maximum Gasteiger partial charge on any atom is 0.151 e. The summed E-state index contributed by atoms with van der Waals surface area (Å²) in [6.45, 7) is 3.58. The van der Waals surface area contributed by atoms with Gasteiger partial charge in [0.25, 0.3) is 0 Å². The van der Waals surface area contributed by atoms with Crippen molar-refractivity contribution in [2.75, 3.05) is 7.11 Å². The lowest BCUT2D eigenvalue weighted by atomic mass is 9.80. The Labute approximate surface area is 147 Å². The summed E-state index contributed by atoms with van der Waals surface area (Å²) in [6.07, 6.45) is 6.21. The van der Waals surface area contributed by atoms with Crippen LogP contribution in [-0.4, -0.2) is 23.9 Å². The molecular weight excluding hydrogens is 312 g/mol. The first kappa shape index (κ1) is 15.1. The molecule has 0 saturated heterocycles. The third-order valence-electron chi connectivity index (χ3n) is 6.28. The molecule has 0 radical (unpaired) electrons. The van der Waals surface area contributed by atoms with E-state index >= 15 is 0 Å². The Bertz CT molecular complexity index is 905. The number of pyridine rings is 1. The molecular formula is C21H22N2O2. The van der Waals surface area contributed by atoms with E-state index in [1.165, 1.54) is 29.5 Å². The van der Waals surface area contributed by atoms with Gasteiger partial charge in [-0.3, -0.25) is 0 Å². The van der Waals surface area contributed by atoms with Crippen LogP contribution in [0.2, 0.25) is 0 Å². The summed E-state index contributed by atoms with van der Waals surface area (Å²) in [5, 5.41) is 11.7. The van der Waals surface area contributed by atoms with Gasteiger partial charge in [-0.15, -0.1) is 0 Å². The Morgan fingerprint density at radius 3 is 2.80 bits per heavy atom. The number of aromatic nitrogens is 1. The molecule has 25 heavy (non-hydrogen) atoms. The van der Waals surface area contributed by atoms with Crippen molar-refractivity contribution in [3.63, 3.8) is 0 Å². The van der Waals surface area contributed by atoms with Gasteiger partial charge in [0, 0.05) is 11.3 Å². The van der Waals surface area contributed by atoms with Gasteiger partial charge in [0.1, 0.15) is 11.4 Å². The molecule has 1 aromatic heterocycles. The number of methoxy groups -OCH3 is 1. The first-order chi connectivity index (χ1) is 12.2. The predicted octanol–water partition coefficient (Wildman–Crippen LogP) is 3.58. The van der Waals surface area contributed by atoms with Crippen LogP contribution in [0.25, 0.3) is 0 Å². The summed E-state index contributed by atoms with van der Waals surface area (Å²) in [5.74, 6) is 1.90. The second-order valence-corrected chi connectivity index (χ2v) is 7.49. The summed E-state index contributed by atoms with van der Waals surface area (Å²) >= 11 is 0. The molecule has 1 N–H and O–H groups in total. The molecule has 2 atom stereocenters. The van der Waals surface area contributed by atoms with Gasteiger partial charge in [0.05, 0.1) is 7.11 Å². The molecule has 0 saturated carbocycles. The van der Waals surface area contributed by atoms with E-state index in [4.69, 9.17) is 4.74 Å². The summed E-state index contributed by atoms with van der Waals surface area (Å²) in [6, 6.07) is 5.91. The first-order valence-corrected chi connectivity index (χ1v) is 9.08. The van der Waals surface area contributed by atoms with Gasteiger partial charge in [-0.1, -0.05) is 6.07 Å². The van der Waals surface area contributed by atoms with Gasteiger partial charge < -0.3 is 9.84 Å². The monoisotopic (exact) mass is 334 g/mol. The highest BCUT2D eigenvalue weighted by Crippen LogP contribution is 2.57. The Morgan fingerprint density at radius 2 is 2.04 bits per heavy atom. The molecule has 4 nitrogen and oxygen atoms in total. The van der Waals surface area contributed by atoms with Gasteiger partial charge in [0.2, 0.25) is 0 Å². The minimum absolute atomic E-state index is 0.331. The molecule has 3 aliphatic rings. The molecule has 3 aliphatic carbocycles. The molecule has 1 heterocycles. The van der Waals surface area contributed by atoms with Crippen molar-refractivity contribution >= 4 is 12.5 Å². The molecule has 0 aliphatic heterocycles. The summed E-state index contributed by atoms with van der Waals surface area (Å²) in [4.78, 5) is 8.59. The van der Waals surface area contributed by atoms with Gasteiger partial charge in [-0.25, -0.2) is 9.98 Å². The van der Waals surface area contributed by atoms with Gasteiger partial charge in [0.15, 0.2) is 5.82 Å². The van der Waals surface area contributed by atoms with Crippen molar-refractivity contribution in [3.8, 4) is 5.75 Å². The van der Waals surface area contributed by atoms with E-state index in [2.05, 4.69) is 22.8 Å². The van der Waals surface area contributed by atoms with Crippen LogP contribution in [0.1, 0.15) is 58.7 Å². The minimum atomic E-state index is -0.958. The van der Waals surface area contributed by atoms with Crippen LogP contribution in [0.15, 0.2) is 23.2 Å². The number of aliphatic hydroxyl groups is 1. The fourth-order valence-electron chi connectivity index (χ4n) is 5.26. The smallest absolute Gasteiger partial charge is 0.151 e. The standard InChI is InChI=1S/C21H22N2O2/c1-22-19-8-7-15-17(23-19)9-12-11-21(15,24)16-10-18(25-2)13-5-3-4-6-14(13)20(12)16/h7-8,10,12,24H,1,3-6,9,11H2,2H3/t12-,21+/m0/s1. The number of hydrogen-bond donors (Lipinski definition) is 1. The zero-order chi connectivity index (χ0) is 17.2. The SMILES string of the molecule is C=Nc1ccc2c(n1)C[C@H]1C[C@]2(O)c2cc(OC)c3c(c21)CCCC3. The molecule has 2 aromatic rings. The summed E-state index contributed by atoms with van der Waals surface area (Å²) in [7, 11) is 1.74. The Morgan fingerprint density at radius 1 is 1.24 bits per heavy atom. The molecule has 0 unspecified atom stereocenters. The highest BCUT2D eigenvalue weighted by atomic mass is 16.5. The van der Waals surface area contributed by atoms with E-state index in [1.807, 2.05) is 12.1 Å². The van der Waals surface area contributed by atoms with E-state index in [0.29, 0.717) is 11.7 Å². The number of hydrogen-bond acceptors (Lipinski definition) is 4. The molecule has 0 amide bonds. The second kappa shape index (κ2) is 5.15. The summed E-state index contributed by atoms with van der Waals surface area (Å²) < 4.78 is 5.71. The molecule has 4 heteroatoms. The second-order valence-electron chi connectivity index (χ2n) is 7.49. The van der Waals surface area contributed by atoms with Crippen molar-refractivity contribution in [2.24, 2.45) is 4.99 Å². The van der Waals surface area contributed by atoms with E-state index < -0.39 is 5.60 Å². The summed E-state index contributed by atoms with van der Waals surface area (Å²) in [5.41, 5.74) is 6.11. The lowest BCUT2D eigenvalue weighted by Crippen LogP contribution is -2.29. The van der Waals surface area contributed by atoms with Crippen LogP contribution >= 0.6 is 0 Å². The molecule has 5 rings (SSSR count). The van der Waals surface area contributed by atoms with E-state index in [9.17, 15) is 5.11 Å². The average molecular weight is 334 g/mol. The number of fused-ring (bicyclic) bond motifs is 9. The Hall–Kier alpha value is -2.20. The average Bonchev–Trinajstić information content (AvgIpc) is 2.88. The van der Waals surface area contributed by atoms with Gasteiger partial charge >= 0.3 is 0 Å².